The highest BCUT2D eigenvalue weighted by molar-refractivity contribution is 5.76. The van der Waals surface area contributed by atoms with Crippen LogP contribution in [0.1, 0.15) is 30.4 Å². The van der Waals surface area contributed by atoms with Gasteiger partial charge in [0.05, 0.1) is 0 Å². The summed E-state index contributed by atoms with van der Waals surface area (Å²) >= 11 is 0. The van der Waals surface area contributed by atoms with E-state index in [1.54, 1.807) is 0 Å². The summed E-state index contributed by atoms with van der Waals surface area (Å²) in [6, 6.07) is 8.04. The number of hydrogen-bond acceptors (Lipinski definition) is 2. The summed E-state index contributed by atoms with van der Waals surface area (Å²) in [5.41, 5.74) is 7.97. The first-order valence-corrected chi connectivity index (χ1v) is 6.21. The highest BCUT2D eigenvalue weighted by Crippen LogP contribution is 2.32. The first-order chi connectivity index (χ1) is 8.20. The predicted octanol–water partition coefficient (Wildman–Crippen LogP) is 1.90. The Hall–Kier alpha value is -1.35. The van der Waals surface area contributed by atoms with Crippen LogP contribution in [-0.4, -0.2) is 17.9 Å². The molecule has 0 atom stereocenters. The number of rotatable bonds is 5. The Labute approximate surface area is 103 Å². The summed E-state index contributed by atoms with van der Waals surface area (Å²) in [6.45, 7) is 1.19. The van der Waals surface area contributed by atoms with Crippen molar-refractivity contribution in [3.8, 4) is 0 Å². The van der Waals surface area contributed by atoms with Crippen LogP contribution in [-0.2, 0) is 17.9 Å². The Kier molecular flexibility index (Phi) is 3.79. The largest absolute Gasteiger partial charge is 0.341 e. The summed E-state index contributed by atoms with van der Waals surface area (Å²) < 4.78 is 0. The summed E-state index contributed by atoms with van der Waals surface area (Å²) in [4.78, 5) is 13.7. The standard InChI is InChI=1S/C14H20N2O/c1-16(14(17)8-11-6-7-11)10-13-5-3-2-4-12(13)9-15/h2-5,11H,6-10,15H2,1H3. The maximum atomic E-state index is 11.9. The van der Waals surface area contributed by atoms with Gasteiger partial charge in [-0.25, -0.2) is 0 Å². The van der Waals surface area contributed by atoms with Crippen molar-refractivity contribution in [3.05, 3.63) is 35.4 Å². The molecule has 2 rings (SSSR count). The second kappa shape index (κ2) is 5.32. The minimum atomic E-state index is 0.249. The SMILES string of the molecule is CN(Cc1ccccc1CN)C(=O)CC1CC1. The van der Waals surface area contributed by atoms with Crippen molar-refractivity contribution in [2.75, 3.05) is 7.05 Å². The Morgan fingerprint density at radius 2 is 2.00 bits per heavy atom. The Balaban J connectivity index is 1.96. The summed E-state index contributed by atoms with van der Waals surface area (Å²) in [5, 5.41) is 0. The lowest BCUT2D eigenvalue weighted by atomic mass is 10.1. The zero-order chi connectivity index (χ0) is 12.3. The van der Waals surface area contributed by atoms with Gasteiger partial charge in [-0.15, -0.1) is 0 Å². The van der Waals surface area contributed by atoms with Crippen LogP contribution in [0.25, 0.3) is 0 Å². The maximum Gasteiger partial charge on any atom is 0.222 e. The van der Waals surface area contributed by atoms with Crippen molar-refractivity contribution in [2.45, 2.75) is 32.4 Å². The van der Waals surface area contributed by atoms with Crippen molar-refractivity contribution in [2.24, 2.45) is 11.7 Å². The molecule has 92 valence electrons. The van der Waals surface area contributed by atoms with Crippen LogP contribution in [0, 0.1) is 5.92 Å². The van der Waals surface area contributed by atoms with Gasteiger partial charge in [0.15, 0.2) is 0 Å². The molecule has 1 aliphatic carbocycles. The molecule has 1 aromatic carbocycles. The van der Waals surface area contributed by atoms with E-state index in [-0.39, 0.29) is 5.91 Å². The lowest BCUT2D eigenvalue weighted by Crippen LogP contribution is -2.27. The number of carbonyl (C=O) groups excluding carboxylic acids is 1. The van der Waals surface area contributed by atoms with Crippen LogP contribution in [0.3, 0.4) is 0 Å². The van der Waals surface area contributed by atoms with Crippen LogP contribution >= 0.6 is 0 Å². The number of amides is 1. The van der Waals surface area contributed by atoms with E-state index in [1.165, 1.54) is 12.8 Å². The third-order valence-electron chi connectivity index (χ3n) is 3.33. The molecule has 2 N–H and O–H groups in total. The van der Waals surface area contributed by atoms with E-state index in [9.17, 15) is 4.79 Å². The van der Waals surface area contributed by atoms with Gasteiger partial charge in [-0.05, 0) is 29.9 Å². The van der Waals surface area contributed by atoms with Gasteiger partial charge in [-0.2, -0.15) is 0 Å². The van der Waals surface area contributed by atoms with Gasteiger partial charge in [-0.1, -0.05) is 24.3 Å². The van der Waals surface area contributed by atoms with E-state index in [0.29, 0.717) is 25.4 Å². The molecule has 1 aromatic rings. The molecule has 0 spiro atoms. The fourth-order valence-electron chi connectivity index (χ4n) is 1.98. The molecule has 1 fully saturated rings. The molecule has 0 aromatic heterocycles. The number of nitrogens with zero attached hydrogens (tertiary/aromatic N) is 1. The molecular weight excluding hydrogens is 212 g/mol. The number of nitrogens with two attached hydrogens (primary N) is 1. The molecule has 1 aliphatic rings. The monoisotopic (exact) mass is 232 g/mol. The molecule has 1 saturated carbocycles. The van der Waals surface area contributed by atoms with Crippen LogP contribution in [0.15, 0.2) is 24.3 Å². The van der Waals surface area contributed by atoms with Crippen molar-refractivity contribution in [1.29, 1.82) is 0 Å². The van der Waals surface area contributed by atoms with Crippen molar-refractivity contribution in [3.63, 3.8) is 0 Å². The Morgan fingerprint density at radius 3 is 2.59 bits per heavy atom. The lowest BCUT2D eigenvalue weighted by Gasteiger charge is -2.19. The molecule has 17 heavy (non-hydrogen) atoms. The molecule has 0 saturated heterocycles. The molecular formula is C14H20N2O. The molecule has 3 heteroatoms. The zero-order valence-corrected chi connectivity index (χ0v) is 10.4. The minimum Gasteiger partial charge on any atom is -0.341 e. The zero-order valence-electron chi connectivity index (χ0n) is 10.4. The molecule has 0 unspecified atom stereocenters. The topological polar surface area (TPSA) is 46.3 Å². The number of carbonyl (C=O) groups is 1. The second-order valence-corrected chi connectivity index (χ2v) is 4.87. The van der Waals surface area contributed by atoms with Crippen LogP contribution in [0.5, 0.6) is 0 Å². The quantitative estimate of drug-likeness (QED) is 0.843. The fraction of sp³-hybridized carbons (Fsp3) is 0.500. The molecule has 0 bridgehead atoms. The van der Waals surface area contributed by atoms with Crippen LogP contribution < -0.4 is 5.73 Å². The van der Waals surface area contributed by atoms with Gasteiger partial charge in [0.25, 0.3) is 0 Å². The molecule has 0 radical (unpaired) electrons. The van der Waals surface area contributed by atoms with Crippen molar-refractivity contribution in [1.82, 2.24) is 4.90 Å². The molecule has 1 amide bonds. The van der Waals surface area contributed by atoms with E-state index >= 15 is 0 Å². The fourth-order valence-corrected chi connectivity index (χ4v) is 1.98. The number of benzene rings is 1. The lowest BCUT2D eigenvalue weighted by molar-refractivity contribution is -0.130. The average molecular weight is 232 g/mol. The summed E-state index contributed by atoms with van der Waals surface area (Å²) in [6.07, 6.45) is 3.15. The van der Waals surface area contributed by atoms with E-state index < -0.39 is 0 Å². The third-order valence-corrected chi connectivity index (χ3v) is 3.33. The van der Waals surface area contributed by atoms with Gasteiger partial charge in [-0.3, -0.25) is 4.79 Å². The van der Waals surface area contributed by atoms with Gasteiger partial charge in [0.1, 0.15) is 0 Å². The van der Waals surface area contributed by atoms with E-state index in [2.05, 4.69) is 0 Å². The van der Waals surface area contributed by atoms with Crippen LogP contribution in [0.4, 0.5) is 0 Å². The highest BCUT2D eigenvalue weighted by atomic mass is 16.2. The predicted molar refractivity (Wildman–Crippen MR) is 68.1 cm³/mol. The smallest absolute Gasteiger partial charge is 0.222 e. The summed E-state index contributed by atoms with van der Waals surface area (Å²) in [7, 11) is 1.87. The first-order valence-electron chi connectivity index (χ1n) is 6.21. The van der Waals surface area contributed by atoms with E-state index in [0.717, 1.165) is 11.1 Å². The molecule has 0 heterocycles. The average Bonchev–Trinajstić information content (AvgIpc) is 3.13. The Bertz CT molecular complexity index is 399. The van der Waals surface area contributed by atoms with Gasteiger partial charge >= 0.3 is 0 Å². The summed E-state index contributed by atoms with van der Waals surface area (Å²) in [5.74, 6) is 0.897. The van der Waals surface area contributed by atoms with Gasteiger partial charge < -0.3 is 10.6 Å². The normalized spacial score (nSPS) is 14.7. The number of hydrogen-bond donors (Lipinski definition) is 1. The van der Waals surface area contributed by atoms with Crippen molar-refractivity contribution >= 4 is 5.91 Å². The molecule has 3 nitrogen and oxygen atoms in total. The second-order valence-electron chi connectivity index (χ2n) is 4.87. The van der Waals surface area contributed by atoms with E-state index in [4.69, 9.17) is 5.73 Å². The third kappa shape index (κ3) is 3.30. The van der Waals surface area contributed by atoms with Gasteiger partial charge in [0, 0.05) is 26.6 Å². The molecule has 0 aliphatic heterocycles. The van der Waals surface area contributed by atoms with Gasteiger partial charge in [0.2, 0.25) is 5.91 Å². The Morgan fingerprint density at radius 1 is 1.35 bits per heavy atom. The van der Waals surface area contributed by atoms with Crippen molar-refractivity contribution < 1.29 is 4.79 Å². The van der Waals surface area contributed by atoms with E-state index in [1.807, 2.05) is 36.2 Å². The highest BCUT2D eigenvalue weighted by Gasteiger charge is 2.25. The first kappa shape index (κ1) is 12.1. The maximum absolute atomic E-state index is 11.9. The van der Waals surface area contributed by atoms with Crippen LogP contribution in [0.2, 0.25) is 0 Å². The minimum absolute atomic E-state index is 0.249.